The maximum Gasteiger partial charge on any atom is 0.0547 e. The number of fused-ring (bicyclic) bond motifs is 1. The van der Waals surface area contributed by atoms with Gasteiger partial charge in [-0.15, -0.1) is 0 Å². The Kier molecular flexibility index (Phi) is 2.68. The molecule has 1 aliphatic carbocycles. The summed E-state index contributed by atoms with van der Waals surface area (Å²) in [5.41, 5.74) is 2.52. The standard InChI is InChI=1S/C14H20N2/c1-2-4-12-5-3-6-13(15-12)10-16-9-11-7-14(16)8-11/h3,5-6,11,14H,2,4,7-10H2,1H3. The highest BCUT2D eigenvalue weighted by Gasteiger charge is 2.42. The van der Waals surface area contributed by atoms with Crippen LogP contribution in [0.2, 0.25) is 0 Å². The van der Waals surface area contributed by atoms with Crippen LogP contribution in [0.4, 0.5) is 0 Å². The summed E-state index contributed by atoms with van der Waals surface area (Å²) >= 11 is 0. The Hall–Kier alpha value is -0.890. The molecule has 16 heavy (non-hydrogen) atoms. The predicted octanol–water partition coefficient (Wildman–Crippen LogP) is 2.63. The van der Waals surface area contributed by atoms with Gasteiger partial charge in [0.25, 0.3) is 0 Å². The third kappa shape index (κ3) is 1.86. The molecule has 86 valence electrons. The molecule has 0 spiro atoms. The molecular weight excluding hydrogens is 196 g/mol. The van der Waals surface area contributed by atoms with Crippen LogP contribution in [0.15, 0.2) is 18.2 Å². The Morgan fingerprint density at radius 2 is 2.12 bits per heavy atom. The van der Waals surface area contributed by atoms with E-state index in [2.05, 4.69) is 30.0 Å². The van der Waals surface area contributed by atoms with Crippen LogP contribution in [0, 0.1) is 5.92 Å². The van der Waals surface area contributed by atoms with Crippen LogP contribution in [0.25, 0.3) is 0 Å². The lowest BCUT2D eigenvalue weighted by Gasteiger charge is -2.25. The largest absolute Gasteiger partial charge is 0.294 e. The average molecular weight is 216 g/mol. The molecule has 3 aliphatic rings. The van der Waals surface area contributed by atoms with Gasteiger partial charge in [-0.3, -0.25) is 9.88 Å². The topological polar surface area (TPSA) is 16.1 Å². The number of aromatic nitrogens is 1. The summed E-state index contributed by atoms with van der Waals surface area (Å²) in [6.45, 7) is 4.59. The van der Waals surface area contributed by atoms with Crippen molar-refractivity contribution >= 4 is 0 Å². The molecule has 0 aromatic carbocycles. The number of aryl methyl sites for hydroxylation is 1. The van der Waals surface area contributed by atoms with Crippen molar-refractivity contribution in [1.82, 2.24) is 9.88 Å². The Labute approximate surface area is 97.7 Å². The van der Waals surface area contributed by atoms with Gasteiger partial charge >= 0.3 is 0 Å². The average Bonchev–Trinajstić information content (AvgIpc) is 2.76. The quantitative estimate of drug-likeness (QED) is 0.769. The number of rotatable bonds is 4. The van der Waals surface area contributed by atoms with E-state index in [0.29, 0.717) is 0 Å². The van der Waals surface area contributed by atoms with Crippen molar-refractivity contribution in [2.75, 3.05) is 6.54 Å². The fourth-order valence-corrected chi connectivity index (χ4v) is 3.04. The van der Waals surface area contributed by atoms with E-state index < -0.39 is 0 Å². The van der Waals surface area contributed by atoms with Crippen LogP contribution in [0.1, 0.15) is 37.6 Å². The Balaban J connectivity index is 1.67. The van der Waals surface area contributed by atoms with Gasteiger partial charge in [-0.25, -0.2) is 0 Å². The molecule has 2 saturated heterocycles. The van der Waals surface area contributed by atoms with Gasteiger partial charge in [0.1, 0.15) is 0 Å². The van der Waals surface area contributed by atoms with Gasteiger partial charge in [0.15, 0.2) is 0 Å². The van der Waals surface area contributed by atoms with Crippen molar-refractivity contribution in [3.63, 3.8) is 0 Å². The molecule has 2 aliphatic heterocycles. The van der Waals surface area contributed by atoms with Crippen LogP contribution < -0.4 is 0 Å². The minimum absolute atomic E-state index is 0.877. The maximum absolute atomic E-state index is 4.74. The van der Waals surface area contributed by atoms with Gasteiger partial charge in [0.05, 0.1) is 5.69 Å². The smallest absolute Gasteiger partial charge is 0.0547 e. The van der Waals surface area contributed by atoms with Crippen molar-refractivity contribution in [1.29, 1.82) is 0 Å². The van der Waals surface area contributed by atoms with Crippen molar-refractivity contribution in [3.05, 3.63) is 29.6 Å². The summed E-state index contributed by atoms with van der Waals surface area (Å²) in [5.74, 6) is 1.00. The van der Waals surface area contributed by atoms with E-state index in [4.69, 9.17) is 4.98 Å². The molecule has 0 N–H and O–H groups in total. The van der Waals surface area contributed by atoms with E-state index in [9.17, 15) is 0 Å². The van der Waals surface area contributed by atoms with Crippen LogP contribution in [-0.4, -0.2) is 22.5 Å². The normalized spacial score (nSPS) is 28.1. The van der Waals surface area contributed by atoms with E-state index in [-0.39, 0.29) is 0 Å². The van der Waals surface area contributed by atoms with E-state index in [1.165, 1.54) is 37.2 Å². The first-order valence-corrected chi connectivity index (χ1v) is 6.54. The number of hydrogen-bond donors (Lipinski definition) is 0. The van der Waals surface area contributed by atoms with Gasteiger partial charge in [-0.05, 0) is 37.3 Å². The molecular formula is C14H20N2. The zero-order valence-corrected chi connectivity index (χ0v) is 10.0. The molecule has 0 unspecified atom stereocenters. The van der Waals surface area contributed by atoms with Gasteiger partial charge < -0.3 is 0 Å². The highest BCUT2D eigenvalue weighted by Crippen LogP contribution is 2.41. The summed E-state index contributed by atoms with van der Waals surface area (Å²) in [6.07, 6.45) is 5.17. The summed E-state index contributed by atoms with van der Waals surface area (Å²) in [4.78, 5) is 7.35. The van der Waals surface area contributed by atoms with Crippen molar-refractivity contribution in [3.8, 4) is 0 Å². The van der Waals surface area contributed by atoms with E-state index in [1.807, 2.05) is 0 Å². The number of nitrogens with zero attached hydrogens (tertiary/aromatic N) is 2. The molecule has 1 aromatic heterocycles. The summed E-state index contributed by atoms with van der Waals surface area (Å²) < 4.78 is 0. The van der Waals surface area contributed by atoms with Gasteiger partial charge in [0, 0.05) is 24.8 Å². The first-order valence-electron chi connectivity index (χ1n) is 6.54. The van der Waals surface area contributed by atoms with E-state index >= 15 is 0 Å². The van der Waals surface area contributed by atoms with Crippen molar-refractivity contribution in [2.24, 2.45) is 5.92 Å². The second-order valence-corrected chi connectivity index (χ2v) is 5.29. The lowest BCUT2D eigenvalue weighted by Crippen LogP contribution is -2.28. The zero-order valence-electron chi connectivity index (χ0n) is 10.0. The maximum atomic E-state index is 4.74. The molecule has 2 nitrogen and oxygen atoms in total. The molecule has 0 radical (unpaired) electrons. The predicted molar refractivity (Wildman–Crippen MR) is 65.2 cm³/mol. The number of hydrogen-bond acceptors (Lipinski definition) is 2. The molecule has 1 aromatic rings. The molecule has 0 atom stereocenters. The SMILES string of the molecule is CCCc1cccc(CN2CC3CC2C3)n1. The summed E-state index contributed by atoms with van der Waals surface area (Å²) in [6, 6.07) is 7.36. The van der Waals surface area contributed by atoms with E-state index in [1.54, 1.807) is 0 Å². The first-order chi connectivity index (χ1) is 7.85. The second kappa shape index (κ2) is 4.17. The Morgan fingerprint density at radius 1 is 1.31 bits per heavy atom. The fraction of sp³-hybridized carbons (Fsp3) is 0.643. The van der Waals surface area contributed by atoms with Crippen molar-refractivity contribution in [2.45, 2.75) is 45.2 Å². The van der Waals surface area contributed by atoms with Gasteiger partial charge in [-0.2, -0.15) is 0 Å². The van der Waals surface area contributed by atoms with Crippen LogP contribution in [-0.2, 0) is 13.0 Å². The Morgan fingerprint density at radius 3 is 2.81 bits per heavy atom. The van der Waals surface area contributed by atoms with E-state index in [0.717, 1.165) is 24.9 Å². The fourth-order valence-electron chi connectivity index (χ4n) is 3.04. The van der Waals surface area contributed by atoms with Crippen LogP contribution in [0.3, 0.4) is 0 Å². The number of pyridine rings is 1. The lowest BCUT2D eigenvalue weighted by molar-refractivity contribution is 0.237. The monoisotopic (exact) mass is 216 g/mol. The third-order valence-corrected chi connectivity index (χ3v) is 3.96. The zero-order chi connectivity index (χ0) is 11.0. The van der Waals surface area contributed by atoms with Crippen molar-refractivity contribution < 1.29 is 0 Å². The third-order valence-electron chi connectivity index (χ3n) is 3.96. The second-order valence-electron chi connectivity index (χ2n) is 5.29. The lowest BCUT2D eigenvalue weighted by atomic mass is 9.86. The van der Waals surface area contributed by atoms with Gasteiger partial charge in [0.2, 0.25) is 0 Å². The molecule has 0 amide bonds. The highest BCUT2D eigenvalue weighted by atomic mass is 15.2. The molecule has 2 heteroatoms. The Bertz CT molecular complexity index is 369. The van der Waals surface area contributed by atoms with Crippen LogP contribution in [0.5, 0.6) is 0 Å². The summed E-state index contributed by atoms with van der Waals surface area (Å²) in [7, 11) is 0. The highest BCUT2D eigenvalue weighted by molar-refractivity contribution is 5.12. The summed E-state index contributed by atoms with van der Waals surface area (Å²) in [5, 5.41) is 0. The minimum Gasteiger partial charge on any atom is -0.294 e. The molecule has 3 fully saturated rings. The molecule has 3 heterocycles. The first kappa shape index (κ1) is 10.3. The molecule has 2 bridgehead atoms. The van der Waals surface area contributed by atoms with Gasteiger partial charge in [-0.1, -0.05) is 19.4 Å². The van der Waals surface area contributed by atoms with Crippen LogP contribution >= 0.6 is 0 Å². The molecule has 4 rings (SSSR count). The molecule has 1 saturated carbocycles. The minimum atomic E-state index is 0.877.